The van der Waals surface area contributed by atoms with E-state index in [1.54, 1.807) is 24.3 Å². The largest absolute Gasteiger partial charge is 0.490 e. The Balaban J connectivity index is 0.00000228. The van der Waals surface area contributed by atoms with Gasteiger partial charge < -0.3 is 14.8 Å². The number of nitrogens with one attached hydrogen (secondary N) is 1. The van der Waals surface area contributed by atoms with E-state index in [9.17, 15) is 13.2 Å². The van der Waals surface area contributed by atoms with Crippen LogP contribution in [0, 0.1) is 0 Å². The van der Waals surface area contributed by atoms with Crippen LogP contribution in [0.15, 0.2) is 24.3 Å². The van der Waals surface area contributed by atoms with Crippen molar-refractivity contribution in [3.05, 3.63) is 35.5 Å². The molecule has 1 aromatic carbocycles. The molecule has 1 saturated carbocycles. The Hall–Kier alpha value is -1.77. The third-order valence-corrected chi connectivity index (χ3v) is 6.63. The number of aryl methyl sites for hydroxylation is 1. The minimum absolute atomic E-state index is 0. The van der Waals surface area contributed by atoms with E-state index in [0.29, 0.717) is 49.4 Å². The van der Waals surface area contributed by atoms with Crippen molar-refractivity contribution in [3.8, 4) is 22.8 Å². The predicted molar refractivity (Wildman–Crippen MR) is 140 cm³/mol. The standard InChI is InChI=1S/C26H34F3N3O2.2ClH/c1-2-3-9-22-23(18-10-12-20(13-11-18)33-19-7-5-4-6-8-19)24(26(27,28)29)25(32-31-22)34-21-14-16-30-17-15-21;;/h10-13,19,21,30H,2-9,14-17H2,1H3;2*1H. The second kappa shape index (κ2) is 14.2. The van der Waals surface area contributed by atoms with Gasteiger partial charge >= 0.3 is 6.18 Å². The van der Waals surface area contributed by atoms with Gasteiger partial charge in [-0.1, -0.05) is 31.9 Å². The Kier molecular flexibility index (Phi) is 12.0. The topological polar surface area (TPSA) is 56.3 Å². The molecule has 0 atom stereocenters. The normalized spacial score (nSPS) is 17.1. The van der Waals surface area contributed by atoms with Crippen LogP contribution in [-0.2, 0) is 12.6 Å². The highest BCUT2D eigenvalue weighted by molar-refractivity contribution is 5.85. The monoisotopic (exact) mass is 549 g/mol. The SMILES string of the molecule is CCCCc1nnc(OC2CCNCC2)c(C(F)(F)F)c1-c1ccc(OC2CCCCC2)cc1.Cl.Cl. The van der Waals surface area contributed by atoms with Crippen LogP contribution in [0.3, 0.4) is 0 Å². The zero-order valence-electron chi connectivity index (χ0n) is 20.6. The molecular formula is C26H36Cl2F3N3O2. The number of rotatable bonds is 8. The summed E-state index contributed by atoms with van der Waals surface area (Å²) < 4.78 is 55.2. The molecule has 1 saturated heterocycles. The first kappa shape index (κ1) is 30.5. The predicted octanol–water partition coefficient (Wildman–Crippen LogP) is 7.19. The molecule has 10 heteroatoms. The second-order valence-electron chi connectivity index (χ2n) is 9.27. The summed E-state index contributed by atoms with van der Waals surface area (Å²) in [7, 11) is 0. The number of ether oxygens (including phenoxy) is 2. The van der Waals surface area contributed by atoms with E-state index in [2.05, 4.69) is 15.5 Å². The molecule has 0 amide bonds. The lowest BCUT2D eigenvalue weighted by atomic mass is 9.95. The summed E-state index contributed by atoms with van der Waals surface area (Å²) in [5, 5.41) is 11.4. The van der Waals surface area contributed by atoms with Gasteiger partial charge in [0.15, 0.2) is 0 Å². The molecule has 2 heterocycles. The molecular weight excluding hydrogens is 514 g/mol. The van der Waals surface area contributed by atoms with Crippen LogP contribution >= 0.6 is 24.8 Å². The summed E-state index contributed by atoms with van der Waals surface area (Å²) in [6.45, 7) is 3.43. The summed E-state index contributed by atoms with van der Waals surface area (Å²) in [5.41, 5.74) is 0.0597. The molecule has 5 nitrogen and oxygen atoms in total. The molecule has 1 aliphatic heterocycles. The summed E-state index contributed by atoms with van der Waals surface area (Å²) in [6, 6.07) is 6.94. The molecule has 202 valence electrons. The first-order valence-electron chi connectivity index (χ1n) is 12.6. The molecule has 2 aliphatic rings. The molecule has 0 spiro atoms. The van der Waals surface area contributed by atoms with Gasteiger partial charge in [-0.2, -0.15) is 18.3 Å². The quantitative estimate of drug-likeness (QED) is 0.377. The molecule has 0 bridgehead atoms. The average Bonchev–Trinajstić information content (AvgIpc) is 2.84. The number of nitrogens with zero attached hydrogens (tertiary/aromatic N) is 2. The van der Waals surface area contributed by atoms with Crippen LogP contribution in [0.1, 0.15) is 76.0 Å². The molecule has 1 aromatic heterocycles. The van der Waals surface area contributed by atoms with Gasteiger partial charge in [0, 0.05) is 5.56 Å². The Labute approximate surface area is 223 Å². The highest BCUT2D eigenvalue weighted by Gasteiger charge is 2.41. The number of hydrogen-bond donors (Lipinski definition) is 1. The number of unbranched alkanes of at least 4 members (excludes halogenated alkanes) is 1. The number of hydrogen-bond acceptors (Lipinski definition) is 5. The fourth-order valence-corrected chi connectivity index (χ4v) is 4.78. The minimum Gasteiger partial charge on any atom is -0.490 e. The Morgan fingerprint density at radius 2 is 1.53 bits per heavy atom. The van der Waals surface area contributed by atoms with Gasteiger partial charge in [0.25, 0.3) is 0 Å². The summed E-state index contributed by atoms with van der Waals surface area (Å²) in [5.74, 6) is 0.268. The van der Waals surface area contributed by atoms with Crippen molar-refractivity contribution in [1.82, 2.24) is 15.5 Å². The molecule has 0 radical (unpaired) electrons. The number of piperidine rings is 1. The van der Waals surface area contributed by atoms with Gasteiger partial charge in [0.05, 0.1) is 11.8 Å². The number of halogens is 5. The van der Waals surface area contributed by atoms with Crippen LogP contribution < -0.4 is 14.8 Å². The van der Waals surface area contributed by atoms with Crippen LogP contribution in [0.2, 0.25) is 0 Å². The van der Waals surface area contributed by atoms with Gasteiger partial charge in [0.1, 0.15) is 17.4 Å². The van der Waals surface area contributed by atoms with Crippen molar-refractivity contribution in [1.29, 1.82) is 0 Å². The highest BCUT2D eigenvalue weighted by atomic mass is 35.5. The Bertz CT molecular complexity index is 933. The van der Waals surface area contributed by atoms with E-state index in [1.165, 1.54) is 6.42 Å². The van der Waals surface area contributed by atoms with Gasteiger partial charge in [-0.3, -0.25) is 0 Å². The highest BCUT2D eigenvalue weighted by Crippen LogP contribution is 2.44. The van der Waals surface area contributed by atoms with Gasteiger partial charge in [-0.05, 0) is 82.2 Å². The maximum atomic E-state index is 14.5. The molecule has 1 aliphatic carbocycles. The number of aromatic nitrogens is 2. The first-order chi connectivity index (χ1) is 16.5. The Morgan fingerprint density at radius 3 is 2.14 bits per heavy atom. The van der Waals surface area contributed by atoms with E-state index in [0.717, 1.165) is 38.5 Å². The van der Waals surface area contributed by atoms with Crippen molar-refractivity contribution >= 4 is 24.8 Å². The molecule has 2 fully saturated rings. The molecule has 4 rings (SSSR count). The van der Waals surface area contributed by atoms with Gasteiger partial charge in [-0.25, -0.2) is 0 Å². The van der Waals surface area contributed by atoms with Crippen molar-refractivity contribution < 1.29 is 22.6 Å². The second-order valence-corrected chi connectivity index (χ2v) is 9.27. The lowest BCUT2D eigenvalue weighted by Gasteiger charge is -2.26. The fourth-order valence-electron chi connectivity index (χ4n) is 4.78. The van der Waals surface area contributed by atoms with Crippen LogP contribution in [0.25, 0.3) is 11.1 Å². The van der Waals surface area contributed by atoms with Gasteiger partial charge in [0.2, 0.25) is 5.88 Å². The molecule has 0 unspecified atom stereocenters. The van der Waals surface area contributed by atoms with Crippen LogP contribution in [-0.4, -0.2) is 35.5 Å². The maximum absolute atomic E-state index is 14.5. The molecule has 36 heavy (non-hydrogen) atoms. The zero-order chi connectivity index (χ0) is 24.0. The van der Waals surface area contributed by atoms with E-state index in [1.807, 2.05) is 6.92 Å². The van der Waals surface area contributed by atoms with Crippen molar-refractivity contribution in [2.45, 2.75) is 89.5 Å². The molecule has 1 N–H and O–H groups in total. The minimum atomic E-state index is -4.62. The van der Waals surface area contributed by atoms with E-state index in [4.69, 9.17) is 9.47 Å². The van der Waals surface area contributed by atoms with E-state index >= 15 is 0 Å². The van der Waals surface area contributed by atoms with Crippen LogP contribution in [0.4, 0.5) is 13.2 Å². The number of benzene rings is 1. The molecule has 2 aromatic rings. The lowest BCUT2D eigenvalue weighted by molar-refractivity contribution is -0.139. The van der Waals surface area contributed by atoms with Crippen molar-refractivity contribution in [2.75, 3.05) is 13.1 Å². The summed E-state index contributed by atoms with van der Waals surface area (Å²) in [6.07, 6.45) is 4.12. The van der Waals surface area contributed by atoms with Crippen LogP contribution in [0.5, 0.6) is 11.6 Å². The smallest absolute Gasteiger partial charge is 0.422 e. The van der Waals surface area contributed by atoms with Crippen molar-refractivity contribution in [3.63, 3.8) is 0 Å². The summed E-state index contributed by atoms with van der Waals surface area (Å²) in [4.78, 5) is 0. The Morgan fingerprint density at radius 1 is 0.889 bits per heavy atom. The van der Waals surface area contributed by atoms with E-state index < -0.39 is 17.6 Å². The lowest BCUT2D eigenvalue weighted by Crippen LogP contribution is -2.35. The third kappa shape index (κ3) is 7.86. The fraction of sp³-hybridized carbons (Fsp3) is 0.615. The average molecular weight is 550 g/mol. The van der Waals surface area contributed by atoms with Gasteiger partial charge in [-0.15, -0.1) is 29.9 Å². The van der Waals surface area contributed by atoms with E-state index in [-0.39, 0.29) is 42.6 Å². The maximum Gasteiger partial charge on any atom is 0.422 e. The zero-order valence-corrected chi connectivity index (χ0v) is 22.2. The number of alkyl halides is 3. The first-order valence-corrected chi connectivity index (χ1v) is 12.6. The summed E-state index contributed by atoms with van der Waals surface area (Å²) >= 11 is 0. The third-order valence-electron chi connectivity index (χ3n) is 6.63. The van der Waals surface area contributed by atoms with Crippen molar-refractivity contribution in [2.24, 2.45) is 0 Å².